The fourth-order valence-corrected chi connectivity index (χ4v) is 1.13. The molecule has 0 fully saturated rings. The Morgan fingerprint density at radius 2 is 1.94 bits per heavy atom. The van der Waals surface area contributed by atoms with Crippen molar-refractivity contribution in [3.63, 3.8) is 0 Å². The third-order valence-corrected chi connectivity index (χ3v) is 1.70. The Kier molecular flexibility index (Phi) is 8.40. The van der Waals surface area contributed by atoms with Gasteiger partial charge in [-0.3, -0.25) is 4.57 Å². The highest BCUT2D eigenvalue weighted by Gasteiger charge is 1.95. The normalized spacial score (nSPS) is 8.06. The van der Waals surface area contributed by atoms with E-state index in [1.54, 1.807) is 17.0 Å². The van der Waals surface area contributed by atoms with Gasteiger partial charge >= 0.3 is 0 Å². The molecule has 0 aliphatic rings. The highest BCUT2D eigenvalue weighted by Crippen LogP contribution is 2.04. The molecule has 0 radical (unpaired) electrons. The third kappa shape index (κ3) is 5.72. The van der Waals surface area contributed by atoms with Crippen molar-refractivity contribution in [1.29, 1.82) is 0 Å². The molecule has 3 heteroatoms. The van der Waals surface area contributed by atoms with Crippen molar-refractivity contribution in [3.05, 3.63) is 54.4 Å². The lowest BCUT2D eigenvalue weighted by Crippen LogP contribution is -1.96. The van der Waals surface area contributed by atoms with Gasteiger partial charge in [-0.15, -0.1) is 0 Å². The lowest BCUT2D eigenvalue weighted by atomic mass is 10.2. The molecule has 0 aliphatic heterocycles. The van der Waals surface area contributed by atoms with Gasteiger partial charge in [0.25, 0.3) is 0 Å². The van der Waals surface area contributed by atoms with Crippen molar-refractivity contribution < 1.29 is 4.39 Å². The lowest BCUT2D eigenvalue weighted by Gasteiger charge is -1.99. The highest BCUT2D eigenvalue weighted by molar-refractivity contribution is 5.16. The smallest absolute Gasteiger partial charge is 0.123 e. The zero-order valence-electron chi connectivity index (χ0n) is 10.9. The van der Waals surface area contributed by atoms with E-state index in [1.165, 1.54) is 12.1 Å². The molecule has 2 nitrogen and oxygen atoms in total. The molecule has 0 N–H and O–H groups in total. The average Bonchev–Trinajstić information content (AvgIpc) is 2.87. The molecule has 0 unspecified atom stereocenters. The summed E-state index contributed by atoms with van der Waals surface area (Å²) >= 11 is 0. The Labute approximate surface area is 103 Å². The van der Waals surface area contributed by atoms with Gasteiger partial charge in [0.15, 0.2) is 0 Å². The van der Waals surface area contributed by atoms with Gasteiger partial charge in [0, 0.05) is 6.20 Å². The minimum Gasteiger partial charge on any atom is -0.285 e. The van der Waals surface area contributed by atoms with Crippen molar-refractivity contribution in [2.24, 2.45) is 0 Å². The molecular weight excluding hydrogens is 215 g/mol. The standard InChI is InChI=1S/C10H7FN2.2C2H6/c11-10-3-1-2-9(6-10)7-13-5-4-12-8-13;2*1-2/h1-3,6,8H,7H2;2*1-2H3. The van der Waals surface area contributed by atoms with Crippen LogP contribution in [0.15, 0.2) is 30.6 Å². The van der Waals surface area contributed by atoms with Crippen molar-refractivity contribution in [3.8, 4) is 0 Å². The molecule has 0 saturated heterocycles. The summed E-state index contributed by atoms with van der Waals surface area (Å²) in [4.78, 5) is 3.73. The minimum absolute atomic E-state index is 0.221. The zero-order valence-corrected chi connectivity index (χ0v) is 10.9. The molecule has 0 bridgehead atoms. The van der Waals surface area contributed by atoms with E-state index in [4.69, 9.17) is 0 Å². The Morgan fingerprint density at radius 3 is 2.47 bits per heavy atom. The van der Waals surface area contributed by atoms with Gasteiger partial charge in [-0.1, -0.05) is 39.8 Å². The monoisotopic (exact) mass is 234 g/mol. The Balaban J connectivity index is 0.000000581. The maximum absolute atomic E-state index is 12.8. The number of hydrogen-bond acceptors (Lipinski definition) is 1. The predicted octanol–water partition coefficient (Wildman–Crippen LogP) is 3.72. The molecule has 92 valence electrons. The van der Waals surface area contributed by atoms with Gasteiger partial charge in [-0.2, -0.15) is 4.98 Å². The molecule has 17 heavy (non-hydrogen) atoms. The van der Waals surface area contributed by atoms with Gasteiger partial charge in [0.2, 0.25) is 0 Å². The van der Waals surface area contributed by atoms with Gasteiger partial charge in [-0.25, -0.2) is 4.39 Å². The Bertz CT molecular complexity index is 383. The van der Waals surface area contributed by atoms with Gasteiger partial charge in [0.05, 0.1) is 12.7 Å². The van der Waals surface area contributed by atoms with Crippen molar-refractivity contribution in [1.82, 2.24) is 9.55 Å². The van der Waals surface area contributed by atoms with Gasteiger partial charge in [0.1, 0.15) is 12.1 Å². The van der Waals surface area contributed by atoms with Crippen LogP contribution in [0.3, 0.4) is 0 Å². The topological polar surface area (TPSA) is 17.8 Å². The number of rotatable bonds is 2. The van der Waals surface area contributed by atoms with E-state index in [-0.39, 0.29) is 5.82 Å². The minimum atomic E-state index is -0.221. The molecule has 2 aromatic rings. The average molecular weight is 234 g/mol. The molecule has 0 saturated carbocycles. The summed E-state index contributed by atoms with van der Waals surface area (Å²) in [5, 5.41) is 0. The van der Waals surface area contributed by atoms with Crippen molar-refractivity contribution in [2.75, 3.05) is 0 Å². The molecule has 2 rings (SSSR count). The van der Waals surface area contributed by atoms with Crippen LogP contribution in [0, 0.1) is 18.2 Å². The first-order valence-corrected chi connectivity index (χ1v) is 5.89. The van der Waals surface area contributed by atoms with Gasteiger partial charge in [-0.05, 0) is 17.7 Å². The fourth-order valence-electron chi connectivity index (χ4n) is 1.13. The van der Waals surface area contributed by atoms with Crippen LogP contribution in [-0.2, 0) is 6.54 Å². The molecule has 0 amide bonds. The second-order valence-electron chi connectivity index (χ2n) is 2.73. The van der Waals surface area contributed by atoms with Gasteiger partial charge < -0.3 is 0 Å². The van der Waals surface area contributed by atoms with E-state index in [2.05, 4.69) is 17.4 Å². The molecule has 1 aromatic carbocycles. The van der Waals surface area contributed by atoms with Crippen LogP contribution in [0.1, 0.15) is 33.3 Å². The number of nitrogens with zero attached hydrogens (tertiary/aromatic N) is 2. The zero-order chi connectivity index (χ0) is 13.1. The van der Waals surface area contributed by atoms with Crippen LogP contribution >= 0.6 is 0 Å². The van der Waals surface area contributed by atoms with Crippen molar-refractivity contribution >= 4 is 0 Å². The summed E-state index contributed by atoms with van der Waals surface area (Å²) in [5.74, 6) is -0.221. The Hall–Kier alpha value is -1.82. The Morgan fingerprint density at radius 1 is 1.24 bits per heavy atom. The number of benzene rings is 1. The van der Waals surface area contributed by atoms with Crippen LogP contribution in [0.5, 0.6) is 0 Å². The van der Waals surface area contributed by atoms with Crippen LogP contribution in [0.2, 0.25) is 0 Å². The third-order valence-electron chi connectivity index (χ3n) is 1.70. The SMILES string of the molecule is CC.CC.Fc1cccc(Cn2c#cnc2)c1. The van der Waals surface area contributed by atoms with E-state index in [9.17, 15) is 4.39 Å². The van der Waals surface area contributed by atoms with E-state index in [1.807, 2.05) is 33.8 Å². The second kappa shape index (κ2) is 9.41. The number of hydrogen-bond donors (Lipinski definition) is 0. The van der Waals surface area contributed by atoms with E-state index < -0.39 is 0 Å². The summed E-state index contributed by atoms with van der Waals surface area (Å²) in [5.41, 5.74) is 0.891. The first kappa shape index (κ1) is 15.2. The predicted molar refractivity (Wildman–Crippen MR) is 68.1 cm³/mol. The summed E-state index contributed by atoms with van der Waals surface area (Å²) in [6.07, 6.45) is 6.92. The summed E-state index contributed by atoms with van der Waals surface area (Å²) in [7, 11) is 0. The maximum atomic E-state index is 12.8. The molecule has 1 aromatic heterocycles. The van der Waals surface area contributed by atoms with E-state index in [0.29, 0.717) is 6.54 Å². The molecular formula is C14H19FN2. The highest BCUT2D eigenvalue weighted by atomic mass is 19.1. The summed E-state index contributed by atoms with van der Waals surface area (Å²) < 4.78 is 14.5. The second-order valence-corrected chi connectivity index (χ2v) is 2.73. The summed E-state index contributed by atoms with van der Waals surface area (Å²) in [6.45, 7) is 8.58. The lowest BCUT2D eigenvalue weighted by molar-refractivity contribution is 0.623. The fraction of sp³-hybridized carbons (Fsp3) is 0.357. The first-order chi connectivity index (χ1) is 8.34. The maximum Gasteiger partial charge on any atom is 0.123 e. The molecule has 1 heterocycles. The first-order valence-electron chi connectivity index (χ1n) is 5.89. The van der Waals surface area contributed by atoms with Crippen molar-refractivity contribution in [2.45, 2.75) is 34.2 Å². The number of aromatic nitrogens is 2. The number of halogens is 1. The van der Waals surface area contributed by atoms with Crippen LogP contribution in [-0.4, -0.2) is 9.55 Å². The summed E-state index contributed by atoms with van der Waals surface area (Å²) in [6, 6.07) is 6.46. The molecule has 0 aliphatic carbocycles. The van der Waals surface area contributed by atoms with E-state index in [0.717, 1.165) is 5.56 Å². The van der Waals surface area contributed by atoms with Crippen LogP contribution in [0.25, 0.3) is 0 Å². The van der Waals surface area contributed by atoms with Crippen LogP contribution < -0.4 is 0 Å². The molecule has 0 spiro atoms. The van der Waals surface area contributed by atoms with Crippen LogP contribution in [0.4, 0.5) is 4.39 Å². The molecule has 0 atom stereocenters. The largest absolute Gasteiger partial charge is 0.285 e. The quantitative estimate of drug-likeness (QED) is 0.774. The van der Waals surface area contributed by atoms with E-state index >= 15 is 0 Å².